The zero-order valence-corrected chi connectivity index (χ0v) is 10.1. The number of anilines is 1. The number of nitrogens with one attached hydrogen (secondary N) is 2. The Labute approximate surface area is 111 Å². The molecule has 0 aliphatic heterocycles. The number of nitriles is 1. The van der Waals surface area contributed by atoms with Crippen molar-refractivity contribution in [1.29, 1.82) is 5.26 Å². The SMILES string of the molecule is N#CC(=CNc1c(F)cc(F)cc1S)c1nn[nH]n1. The van der Waals surface area contributed by atoms with Gasteiger partial charge in [-0.3, -0.25) is 0 Å². The van der Waals surface area contributed by atoms with Crippen molar-refractivity contribution >= 4 is 23.9 Å². The summed E-state index contributed by atoms with van der Waals surface area (Å²) in [4.78, 5) is 0.0687. The molecule has 0 atom stereocenters. The minimum Gasteiger partial charge on any atom is -0.357 e. The molecule has 0 aliphatic carbocycles. The Morgan fingerprint density at radius 1 is 1.47 bits per heavy atom. The molecular weight excluding hydrogens is 274 g/mol. The Morgan fingerprint density at radius 2 is 2.26 bits per heavy atom. The lowest BCUT2D eigenvalue weighted by Crippen LogP contribution is -1.97. The van der Waals surface area contributed by atoms with Crippen molar-refractivity contribution in [2.45, 2.75) is 4.90 Å². The summed E-state index contributed by atoms with van der Waals surface area (Å²) < 4.78 is 26.4. The number of tetrazole rings is 1. The first-order chi connectivity index (χ1) is 9.11. The molecule has 19 heavy (non-hydrogen) atoms. The molecule has 9 heteroatoms. The van der Waals surface area contributed by atoms with Crippen LogP contribution in [0.15, 0.2) is 23.2 Å². The molecule has 1 aromatic carbocycles. The van der Waals surface area contributed by atoms with Crippen molar-refractivity contribution in [3.05, 3.63) is 35.8 Å². The van der Waals surface area contributed by atoms with Gasteiger partial charge in [0, 0.05) is 17.2 Å². The number of benzene rings is 1. The van der Waals surface area contributed by atoms with Gasteiger partial charge in [-0.25, -0.2) is 8.78 Å². The normalized spacial score (nSPS) is 11.2. The zero-order valence-electron chi connectivity index (χ0n) is 9.22. The molecule has 96 valence electrons. The molecule has 0 saturated carbocycles. The lowest BCUT2D eigenvalue weighted by atomic mass is 10.2. The van der Waals surface area contributed by atoms with Crippen LogP contribution in [-0.4, -0.2) is 20.6 Å². The van der Waals surface area contributed by atoms with Gasteiger partial charge in [0.2, 0.25) is 5.82 Å². The van der Waals surface area contributed by atoms with Gasteiger partial charge in [0.25, 0.3) is 0 Å². The summed E-state index contributed by atoms with van der Waals surface area (Å²) in [5, 5.41) is 24.1. The molecule has 2 aromatic rings. The van der Waals surface area contributed by atoms with E-state index >= 15 is 0 Å². The molecule has 1 heterocycles. The molecule has 0 unspecified atom stereocenters. The van der Waals surface area contributed by atoms with Crippen LogP contribution in [0.5, 0.6) is 0 Å². The van der Waals surface area contributed by atoms with E-state index in [1.807, 2.05) is 6.07 Å². The highest BCUT2D eigenvalue weighted by Crippen LogP contribution is 2.25. The van der Waals surface area contributed by atoms with Gasteiger partial charge in [-0.2, -0.15) is 10.5 Å². The highest BCUT2D eigenvalue weighted by Gasteiger charge is 2.10. The van der Waals surface area contributed by atoms with Crippen LogP contribution in [0.2, 0.25) is 0 Å². The summed E-state index contributed by atoms with van der Waals surface area (Å²) in [6.07, 6.45) is 1.18. The van der Waals surface area contributed by atoms with Crippen LogP contribution in [-0.2, 0) is 0 Å². The predicted octanol–water partition coefficient (Wildman–Crippen LogP) is 1.74. The summed E-state index contributed by atoms with van der Waals surface area (Å²) in [6.45, 7) is 0. The number of nitrogens with zero attached hydrogens (tertiary/aromatic N) is 4. The second-order valence-electron chi connectivity index (χ2n) is 3.33. The molecule has 2 N–H and O–H groups in total. The third-order valence-corrected chi connectivity index (χ3v) is 2.45. The topological polar surface area (TPSA) is 90.3 Å². The predicted molar refractivity (Wildman–Crippen MR) is 65.0 cm³/mol. The van der Waals surface area contributed by atoms with Crippen molar-refractivity contribution in [3.8, 4) is 6.07 Å². The van der Waals surface area contributed by atoms with Gasteiger partial charge in [0.1, 0.15) is 17.5 Å². The molecule has 0 aliphatic rings. The molecule has 0 saturated heterocycles. The Kier molecular flexibility index (Phi) is 3.72. The third-order valence-electron chi connectivity index (χ3n) is 2.10. The molecule has 0 radical (unpaired) electrons. The standard InChI is InChI=1S/C10H6F2N6S/c11-6-1-7(12)9(8(19)2-6)14-4-5(3-13)10-15-17-18-16-10/h1-2,4,14,19H,(H,15,16,17,18). The number of hydrogen-bond acceptors (Lipinski definition) is 6. The van der Waals surface area contributed by atoms with Crippen molar-refractivity contribution in [2.75, 3.05) is 5.32 Å². The first-order valence-corrected chi connectivity index (χ1v) is 5.35. The minimum atomic E-state index is -0.827. The van der Waals surface area contributed by atoms with Crippen LogP contribution in [0.1, 0.15) is 5.82 Å². The second kappa shape index (κ2) is 5.45. The lowest BCUT2D eigenvalue weighted by molar-refractivity contribution is 0.581. The van der Waals surface area contributed by atoms with Crippen LogP contribution in [0.4, 0.5) is 14.5 Å². The fraction of sp³-hybridized carbons (Fsp3) is 0. The summed E-state index contributed by atoms with van der Waals surface area (Å²) in [7, 11) is 0. The highest BCUT2D eigenvalue weighted by atomic mass is 32.1. The van der Waals surface area contributed by atoms with E-state index in [1.165, 1.54) is 6.20 Å². The average Bonchev–Trinajstić information content (AvgIpc) is 2.86. The van der Waals surface area contributed by atoms with Gasteiger partial charge in [-0.15, -0.1) is 22.8 Å². The number of aromatic nitrogens is 4. The Bertz CT molecular complexity index is 638. The van der Waals surface area contributed by atoms with E-state index < -0.39 is 11.6 Å². The van der Waals surface area contributed by atoms with E-state index in [2.05, 4.69) is 38.6 Å². The maximum Gasteiger partial charge on any atom is 0.216 e. The van der Waals surface area contributed by atoms with E-state index in [-0.39, 0.29) is 22.0 Å². The van der Waals surface area contributed by atoms with Gasteiger partial charge in [-0.1, -0.05) is 0 Å². The van der Waals surface area contributed by atoms with Gasteiger partial charge in [0.15, 0.2) is 5.82 Å². The van der Waals surface area contributed by atoms with Crippen LogP contribution in [0.25, 0.3) is 5.57 Å². The molecule has 1 aromatic heterocycles. The summed E-state index contributed by atoms with van der Waals surface area (Å²) in [6, 6.07) is 3.57. The summed E-state index contributed by atoms with van der Waals surface area (Å²) in [5.74, 6) is -1.51. The monoisotopic (exact) mass is 280 g/mol. The van der Waals surface area contributed by atoms with E-state index in [1.54, 1.807) is 0 Å². The van der Waals surface area contributed by atoms with E-state index in [4.69, 9.17) is 5.26 Å². The molecule has 6 nitrogen and oxygen atoms in total. The number of allylic oxidation sites excluding steroid dienone is 1. The van der Waals surface area contributed by atoms with Gasteiger partial charge < -0.3 is 5.32 Å². The molecule has 0 amide bonds. The number of hydrogen-bond donors (Lipinski definition) is 3. The van der Waals surface area contributed by atoms with Crippen LogP contribution in [0.3, 0.4) is 0 Å². The first-order valence-electron chi connectivity index (χ1n) is 4.90. The highest BCUT2D eigenvalue weighted by molar-refractivity contribution is 7.80. The molecule has 0 bridgehead atoms. The Balaban J connectivity index is 2.30. The van der Waals surface area contributed by atoms with Crippen molar-refractivity contribution < 1.29 is 8.78 Å². The number of thiol groups is 1. The van der Waals surface area contributed by atoms with Crippen LogP contribution < -0.4 is 5.32 Å². The van der Waals surface area contributed by atoms with Crippen LogP contribution >= 0.6 is 12.6 Å². The Morgan fingerprint density at radius 3 is 2.84 bits per heavy atom. The molecule has 0 fully saturated rings. The molecule has 0 spiro atoms. The fourth-order valence-corrected chi connectivity index (χ4v) is 1.56. The largest absolute Gasteiger partial charge is 0.357 e. The van der Waals surface area contributed by atoms with E-state index in [0.717, 1.165) is 6.07 Å². The summed E-state index contributed by atoms with van der Waals surface area (Å²) >= 11 is 3.94. The van der Waals surface area contributed by atoms with E-state index in [0.29, 0.717) is 6.07 Å². The second-order valence-corrected chi connectivity index (χ2v) is 3.81. The van der Waals surface area contributed by atoms with Crippen molar-refractivity contribution in [1.82, 2.24) is 20.6 Å². The fourth-order valence-electron chi connectivity index (χ4n) is 1.27. The number of halogens is 2. The van der Waals surface area contributed by atoms with Crippen molar-refractivity contribution in [2.24, 2.45) is 0 Å². The molecular formula is C10H6F2N6S. The smallest absolute Gasteiger partial charge is 0.216 e. The van der Waals surface area contributed by atoms with Gasteiger partial charge >= 0.3 is 0 Å². The van der Waals surface area contributed by atoms with Crippen molar-refractivity contribution in [3.63, 3.8) is 0 Å². The average molecular weight is 280 g/mol. The zero-order chi connectivity index (χ0) is 13.8. The number of rotatable bonds is 3. The summed E-state index contributed by atoms with van der Waals surface area (Å²) in [5.41, 5.74) is -0.0220. The third kappa shape index (κ3) is 2.86. The molecule has 2 rings (SSSR count). The lowest BCUT2D eigenvalue weighted by Gasteiger charge is -2.06. The number of H-pyrrole nitrogens is 1. The maximum atomic E-state index is 13.5. The van der Waals surface area contributed by atoms with Gasteiger partial charge in [-0.05, 0) is 11.3 Å². The quantitative estimate of drug-likeness (QED) is 0.588. The minimum absolute atomic E-state index is 0.0326. The maximum absolute atomic E-state index is 13.5. The van der Waals surface area contributed by atoms with E-state index in [9.17, 15) is 8.78 Å². The van der Waals surface area contributed by atoms with Gasteiger partial charge in [0.05, 0.1) is 5.69 Å². The van der Waals surface area contributed by atoms with Crippen LogP contribution in [0, 0.1) is 23.0 Å². The Hall–Kier alpha value is -2.47. The first kappa shape index (κ1) is 13.0. The number of aromatic amines is 1.